The van der Waals surface area contributed by atoms with Crippen molar-refractivity contribution in [2.45, 2.75) is 32.9 Å². The van der Waals surface area contributed by atoms with Gasteiger partial charge in [0.1, 0.15) is 0 Å². The maximum absolute atomic E-state index is 9.85. The molecule has 0 spiro atoms. The molecule has 1 unspecified atom stereocenters. The molecular weight excluding hydrogens is 102 g/mol. The minimum atomic E-state index is -0.130. The molecule has 0 aliphatic heterocycles. The van der Waals surface area contributed by atoms with Crippen LogP contribution in [0.1, 0.15) is 20.8 Å². The topological polar surface area (TPSA) is 29.1 Å². The van der Waals surface area contributed by atoms with Crippen molar-refractivity contribution in [3.8, 4) is 0 Å². The lowest BCUT2D eigenvalue weighted by molar-refractivity contribution is 0.503. The Morgan fingerprint density at radius 1 is 1.38 bits per heavy atom. The highest BCUT2D eigenvalue weighted by atomic mass is 16.1. The van der Waals surface area contributed by atoms with E-state index in [1.54, 1.807) is 6.92 Å². The SMILES string of the molecule is CC(C)NC(C)[C]=O. The van der Waals surface area contributed by atoms with Crippen LogP contribution in [0.2, 0.25) is 0 Å². The zero-order chi connectivity index (χ0) is 6.57. The molecule has 0 rings (SSSR count). The van der Waals surface area contributed by atoms with Gasteiger partial charge in [-0.05, 0) is 6.92 Å². The molecule has 0 amide bonds. The van der Waals surface area contributed by atoms with Crippen LogP contribution in [0.3, 0.4) is 0 Å². The lowest BCUT2D eigenvalue weighted by Crippen LogP contribution is -2.33. The van der Waals surface area contributed by atoms with Crippen LogP contribution >= 0.6 is 0 Å². The fourth-order valence-electron chi connectivity index (χ4n) is 0.534. The van der Waals surface area contributed by atoms with E-state index in [1.807, 2.05) is 20.1 Å². The van der Waals surface area contributed by atoms with Crippen molar-refractivity contribution in [3.63, 3.8) is 0 Å². The van der Waals surface area contributed by atoms with E-state index in [0.717, 1.165) is 0 Å². The van der Waals surface area contributed by atoms with E-state index in [1.165, 1.54) is 0 Å². The second-order valence-corrected chi connectivity index (χ2v) is 2.16. The molecule has 8 heavy (non-hydrogen) atoms. The van der Waals surface area contributed by atoms with Gasteiger partial charge in [-0.15, -0.1) is 0 Å². The van der Waals surface area contributed by atoms with Crippen molar-refractivity contribution >= 4 is 6.29 Å². The lowest BCUT2D eigenvalue weighted by atomic mass is 10.3. The van der Waals surface area contributed by atoms with Crippen molar-refractivity contribution in [1.29, 1.82) is 0 Å². The van der Waals surface area contributed by atoms with Gasteiger partial charge in [0.05, 0.1) is 6.04 Å². The van der Waals surface area contributed by atoms with Crippen molar-refractivity contribution in [3.05, 3.63) is 0 Å². The largest absolute Gasteiger partial charge is 0.305 e. The van der Waals surface area contributed by atoms with E-state index >= 15 is 0 Å². The van der Waals surface area contributed by atoms with Crippen molar-refractivity contribution in [2.24, 2.45) is 0 Å². The molecule has 0 saturated carbocycles. The first kappa shape index (κ1) is 7.63. The Bertz CT molecular complexity index is 70.9. The summed E-state index contributed by atoms with van der Waals surface area (Å²) >= 11 is 0. The maximum atomic E-state index is 9.85. The molecule has 0 aliphatic carbocycles. The Labute approximate surface area is 50.3 Å². The van der Waals surface area contributed by atoms with Crippen molar-refractivity contribution in [1.82, 2.24) is 5.32 Å². The average Bonchev–Trinajstić information content (AvgIpc) is 1.65. The van der Waals surface area contributed by atoms with Crippen LogP contribution in [0.4, 0.5) is 0 Å². The van der Waals surface area contributed by atoms with Gasteiger partial charge in [-0.1, -0.05) is 13.8 Å². The van der Waals surface area contributed by atoms with Gasteiger partial charge >= 0.3 is 0 Å². The molecule has 0 fully saturated rings. The second kappa shape index (κ2) is 3.61. The molecule has 0 saturated heterocycles. The highest BCUT2D eigenvalue weighted by Crippen LogP contribution is 1.79. The van der Waals surface area contributed by atoms with Gasteiger partial charge in [-0.25, -0.2) is 0 Å². The number of nitrogens with one attached hydrogen (secondary N) is 1. The number of hydrogen-bond donors (Lipinski definition) is 1. The first-order valence-corrected chi connectivity index (χ1v) is 2.80. The molecule has 1 atom stereocenters. The Balaban J connectivity index is 3.23. The van der Waals surface area contributed by atoms with Gasteiger partial charge in [0, 0.05) is 6.04 Å². The van der Waals surface area contributed by atoms with E-state index in [-0.39, 0.29) is 6.04 Å². The summed E-state index contributed by atoms with van der Waals surface area (Å²) in [4.78, 5) is 9.85. The predicted molar refractivity (Wildman–Crippen MR) is 33.4 cm³/mol. The Morgan fingerprint density at radius 3 is 2.00 bits per heavy atom. The molecule has 0 aromatic carbocycles. The van der Waals surface area contributed by atoms with Gasteiger partial charge in [-0.2, -0.15) is 0 Å². The normalized spacial score (nSPS) is 14.0. The van der Waals surface area contributed by atoms with E-state index in [9.17, 15) is 4.79 Å². The van der Waals surface area contributed by atoms with Crippen LogP contribution in [0.5, 0.6) is 0 Å². The summed E-state index contributed by atoms with van der Waals surface area (Å²) < 4.78 is 0. The molecule has 0 aromatic heterocycles. The highest BCUT2D eigenvalue weighted by Gasteiger charge is 1.99. The molecule has 47 valence electrons. The van der Waals surface area contributed by atoms with E-state index in [4.69, 9.17) is 0 Å². The summed E-state index contributed by atoms with van der Waals surface area (Å²) in [6.45, 7) is 5.77. The Kier molecular flexibility index (Phi) is 3.44. The highest BCUT2D eigenvalue weighted by molar-refractivity contribution is 5.57. The zero-order valence-corrected chi connectivity index (χ0v) is 5.56. The van der Waals surface area contributed by atoms with E-state index in [0.29, 0.717) is 6.04 Å². The van der Waals surface area contributed by atoms with Crippen LogP contribution in [0, 0.1) is 0 Å². The summed E-state index contributed by atoms with van der Waals surface area (Å²) in [5, 5.41) is 2.97. The quantitative estimate of drug-likeness (QED) is 0.578. The fourth-order valence-corrected chi connectivity index (χ4v) is 0.534. The third-order valence-electron chi connectivity index (χ3n) is 0.760. The van der Waals surface area contributed by atoms with Crippen LogP contribution < -0.4 is 5.32 Å². The summed E-state index contributed by atoms with van der Waals surface area (Å²) in [6, 6.07) is 0.237. The van der Waals surface area contributed by atoms with Gasteiger partial charge in [0.2, 0.25) is 6.29 Å². The van der Waals surface area contributed by atoms with Crippen LogP contribution in [-0.4, -0.2) is 18.4 Å². The van der Waals surface area contributed by atoms with Gasteiger partial charge in [0.25, 0.3) is 0 Å². The summed E-state index contributed by atoms with van der Waals surface area (Å²) in [7, 11) is 0. The fraction of sp³-hybridized carbons (Fsp3) is 0.833. The molecule has 1 radical (unpaired) electrons. The Morgan fingerprint density at radius 2 is 1.88 bits per heavy atom. The first-order chi connectivity index (χ1) is 3.66. The molecule has 0 aliphatic rings. The third-order valence-corrected chi connectivity index (χ3v) is 0.760. The molecule has 0 heterocycles. The molecule has 1 N–H and O–H groups in total. The smallest absolute Gasteiger partial charge is 0.216 e. The van der Waals surface area contributed by atoms with E-state index < -0.39 is 0 Å². The zero-order valence-electron chi connectivity index (χ0n) is 5.56. The number of hydrogen-bond acceptors (Lipinski definition) is 2. The minimum absolute atomic E-state index is 0.130. The lowest BCUT2D eigenvalue weighted by Gasteiger charge is -2.08. The van der Waals surface area contributed by atoms with Gasteiger partial charge < -0.3 is 5.32 Å². The standard InChI is InChI=1S/C6H12NO/c1-5(2)7-6(3)4-8/h5-7H,1-3H3. The van der Waals surface area contributed by atoms with Crippen LogP contribution in [0.25, 0.3) is 0 Å². The summed E-state index contributed by atoms with van der Waals surface area (Å²) in [5.41, 5.74) is 0. The predicted octanol–water partition coefficient (Wildman–Crippen LogP) is 0.483. The molecule has 0 bridgehead atoms. The molecule has 0 aromatic rings. The second-order valence-electron chi connectivity index (χ2n) is 2.16. The molecule has 2 nitrogen and oxygen atoms in total. The summed E-state index contributed by atoms with van der Waals surface area (Å²) in [5.74, 6) is 0. The molecule has 2 heteroatoms. The average molecular weight is 114 g/mol. The molecular formula is C6H12NO. The van der Waals surface area contributed by atoms with Crippen molar-refractivity contribution < 1.29 is 4.79 Å². The van der Waals surface area contributed by atoms with Crippen LogP contribution in [-0.2, 0) is 4.79 Å². The van der Waals surface area contributed by atoms with Gasteiger partial charge in [0.15, 0.2) is 0 Å². The minimum Gasteiger partial charge on any atom is -0.305 e. The maximum Gasteiger partial charge on any atom is 0.216 e. The van der Waals surface area contributed by atoms with E-state index in [2.05, 4.69) is 5.32 Å². The number of carbonyl (C=O) groups excluding carboxylic acids is 1. The van der Waals surface area contributed by atoms with Crippen molar-refractivity contribution in [2.75, 3.05) is 0 Å². The third kappa shape index (κ3) is 3.81. The monoisotopic (exact) mass is 114 g/mol. The first-order valence-electron chi connectivity index (χ1n) is 2.80. The number of rotatable bonds is 3. The van der Waals surface area contributed by atoms with Crippen LogP contribution in [0.15, 0.2) is 0 Å². The van der Waals surface area contributed by atoms with Gasteiger partial charge in [-0.3, -0.25) is 4.79 Å². The Hall–Kier alpha value is -0.370. The summed E-state index contributed by atoms with van der Waals surface area (Å²) in [6.07, 6.45) is 1.84.